The van der Waals surface area contributed by atoms with Crippen molar-refractivity contribution in [2.24, 2.45) is 5.41 Å². The highest BCUT2D eigenvalue weighted by Crippen LogP contribution is 2.22. The van der Waals surface area contributed by atoms with Crippen molar-refractivity contribution in [1.82, 2.24) is 0 Å². The molecule has 0 fully saturated rings. The first-order chi connectivity index (χ1) is 5.56. The maximum absolute atomic E-state index is 4.11. The van der Waals surface area contributed by atoms with E-state index in [9.17, 15) is 0 Å². The van der Waals surface area contributed by atoms with Crippen molar-refractivity contribution in [3.05, 3.63) is 0 Å². The summed E-state index contributed by atoms with van der Waals surface area (Å²) in [6.45, 7) is 6.95. The van der Waals surface area contributed by atoms with Gasteiger partial charge in [-0.3, -0.25) is 0 Å². The smallest absolute Gasteiger partial charge is 0.00345 e. The highest BCUT2D eigenvalue weighted by atomic mass is 33.1. The second-order valence-electron chi connectivity index (χ2n) is 4.56. The third kappa shape index (κ3) is 10.7. The molecule has 0 aromatic rings. The molecule has 0 radical (unpaired) electrons. The van der Waals surface area contributed by atoms with Crippen LogP contribution in [0.25, 0.3) is 0 Å². The maximum Gasteiger partial charge on any atom is 0.00345 e. The minimum Gasteiger partial charge on any atom is -0.111 e. The zero-order valence-electron chi connectivity index (χ0n) is 8.60. The second-order valence-corrected chi connectivity index (χ2v) is 6.00. The van der Waals surface area contributed by atoms with E-state index in [1.807, 2.05) is 0 Å². The van der Waals surface area contributed by atoms with E-state index < -0.39 is 0 Å². The standard InChI is InChI=1S/C10H22S2/c1-10(2,3)8-6-4-5-7-9-12-11/h11H,4-9H2,1-3H3. The van der Waals surface area contributed by atoms with Gasteiger partial charge in [0, 0.05) is 5.75 Å². The lowest BCUT2D eigenvalue weighted by Crippen LogP contribution is -2.03. The van der Waals surface area contributed by atoms with Crippen LogP contribution < -0.4 is 0 Å². The molecule has 0 N–H and O–H groups in total. The lowest BCUT2D eigenvalue weighted by molar-refractivity contribution is 0.358. The Bertz CT molecular complexity index is 94.5. The molecule has 0 aromatic heterocycles. The van der Waals surface area contributed by atoms with Gasteiger partial charge in [-0.05, 0) is 18.3 Å². The largest absolute Gasteiger partial charge is 0.111 e. The first-order valence-corrected chi connectivity index (χ1v) is 6.86. The van der Waals surface area contributed by atoms with E-state index >= 15 is 0 Å². The van der Waals surface area contributed by atoms with Crippen LogP contribution in [0.5, 0.6) is 0 Å². The van der Waals surface area contributed by atoms with Crippen LogP contribution >= 0.6 is 22.5 Å². The summed E-state index contributed by atoms with van der Waals surface area (Å²) in [6.07, 6.45) is 6.86. The van der Waals surface area contributed by atoms with Crippen molar-refractivity contribution in [2.45, 2.75) is 52.9 Å². The number of hydrogen-bond acceptors (Lipinski definition) is 2. The summed E-state index contributed by atoms with van der Waals surface area (Å²) in [5, 5.41) is 0. The molecule has 0 heterocycles. The molecular weight excluding hydrogens is 184 g/mol. The monoisotopic (exact) mass is 206 g/mol. The number of hydrogen-bond donors (Lipinski definition) is 1. The van der Waals surface area contributed by atoms with E-state index in [-0.39, 0.29) is 0 Å². The Kier molecular flexibility index (Phi) is 7.55. The van der Waals surface area contributed by atoms with Gasteiger partial charge in [0.1, 0.15) is 0 Å². The minimum absolute atomic E-state index is 0.526. The molecule has 0 aromatic carbocycles. The summed E-state index contributed by atoms with van der Waals surface area (Å²) in [5.41, 5.74) is 0.526. The fourth-order valence-corrected chi connectivity index (χ4v) is 1.90. The zero-order chi connectivity index (χ0) is 9.45. The van der Waals surface area contributed by atoms with Crippen LogP contribution in [0.4, 0.5) is 0 Å². The van der Waals surface area contributed by atoms with E-state index in [2.05, 4.69) is 32.4 Å². The molecule has 0 spiro atoms. The Morgan fingerprint density at radius 2 is 1.58 bits per heavy atom. The molecule has 0 rings (SSSR count). The minimum atomic E-state index is 0.526. The third-order valence-corrected chi connectivity index (χ3v) is 2.93. The van der Waals surface area contributed by atoms with Gasteiger partial charge < -0.3 is 0 Å². The molecule has 0 unspecified atom stereocenters. The molecule has 12 heavy (non-hydrogen) atoms. The number of rotatable bonds is 6. The maximum atomic E-state index is 4.11. The van der Waals surface area contributed by atoms with Crippen LogP contribution in [0.2, 0.25) is 0 Å². The van der Waals surface area contributed by atoms with Gasteiger partial charge in [0.2, 0.25) is 0 Å². The van der Waals surface area contributed by atoms with E-state index in [0.717, 1.165) is 0 Å². The highest BCUT2D eigenvalue weighted by molar-refractivity contribution is 8.68. The van der Waals surface area contributed by atoms with Crippen molar-refractivity contribution in [1.29, 1.82) is 0 Å². The van der Waals surface area contributed by atoms with Crippen LogP contribution in [-0.4, -0.2) is 5.75 Å². The highest BCUT2D eigenvalue weighted by Gasteiger charge is 2.08. The summed E-state index contributed by atoms with van der Waals surface area (Å²) < 4.78 is 0. The average Bonchev–Trinajstić information content (AvgIpc) is 1.94. The SMILES string of the molecule is CC(C)(C)CCCCCCSS. The molecule has 0 aliphatic heterocycles. The van der Waals surface area contributed by atoms with Gasteiger partial charge in [-0.1, -0.05) is 50.8 Å². The van der Waals surface area contributed by atoms with Gasteiger partial charge in [0.25, 0.3) is 0 Å². The van der Waals surface area contributed by atoms with Gasteiger partial charge in [-0.2, -0.15) is 0 Å². The molecule has 0 aliphatic rings. The van der Waals surface area contributed by atoms with E-state index in [0.29, 0.717) is 5.41 Å². The van der Waals surface area contributed by atoms with Gasteiger partial charge in [-0.25, -0.2) is 0 Å². The van der Waals surface area contributed by atoms with Crippen molar-refractivity contribution in [2.75, 3.05) is 5.75 Å². The van der Waals surface area contributed by atoms with Crippen LogP contribution in [0.15, 0.2) is 0 Å². The van der Waals surface area contributed by atoms with E-state index in [1.165, 1.54) is 37.9 Å². The molecular formula is C10H22S2. The van der Waals surface area contributed by atoms with Gasteiger partial charge in [0.15, 0.2) is 0 Å². The van der Waals surface area contributed by atoms with Gasteiger partial charge in [0.05, 0.1) is 0 Å². The Labute approximate surface area is 86.7 Å². The van der Waals surface area contributed by atoms with Crippen molar-refractivity contribution in [3.63, 3.8) is 0 Å². The summed E-state index contributed by atoms with van der Waals surface area (Å²) in [6, 6.07) is 0. The molecule has 2 heteroatoms. The van der Waals surface area contributed by atoms with Crippen LogP contribution in [0.1, 0.15) is 52.9 Å². The van der Waals surface area contributed by atoms with E-state index in [1.54, 1.807) is 10.8 Å². The molecule has 0 atom stereocenters. The number of thiol groups is 1. The predicted molar refractivity (Wildman–Crippen MR) is 64.0 cm³/mol. The lowest BCUT2D eigenvalue weighted by atomic mass is 9.89. The fourth-order valence-electron chi connectivity index (χ4n) is 1.18. The van der Waals surface area contributed by atoms with Gasteiger partial charge >= 0.3 is 0 Å². The van der Waals surface area contributed by atoms with Gasteiger partial charge in [-0.15, -0.1) is 11.7 Å². The molecule has 0 saturated heterocycles. The first kappa shape index (κ1) is 12.7. The Morgan fingerprint density at radius 3 is 2.08 bits per heavy atom. The van der Waals surface area contributed by atoms with Crippen LogP contribution in [0.3, 0.4) is 0 Å². The molecule has 0 aliphatic carbocycles. The average molecular weight is 206 g/mol. The fraction of sp³-hybridized carbons (Fsp3) is 1.00. The van der Waals surface area contributed by atoms with Crippen LogP contribution in [-0.2, 0) is 0 Å². The second kappa shape index (κ2) is 7.14. The van der Waals surface area contributed by atoms with E-state index in [4.69, 9.17) is 0 Å². The topological polar surface area (TPSA) is 0 Å². The van der Waals surface area contributed by atoms with Crippen LogP contribution in [0, 0.1) is 5.41 Å². The lowest BCUT2D eigenvalue weighted by Gasteiger charge is -2.17. The Hall–Kier alpha value is 0.700. The Balaban J connectivity index is 3.01. The predicted octanol–water partition coefficient (Wildman–Crippen LogP) is 4.56. The normalized spacial score (nSPS) is 12.0. The first-order valence-electron chi connectivity index (χ1n) is 4.82. The van der Waals surface area contributed by atoms with Crippen molar-refractivity contribution >= 4 is 22.5 Å². The molecule has 0 amide bonds. The summed E-state index contributed by atoms with van der Waals surface area (Å²) in [4.78, 5) is 0. The molecule has 74 valence electrons. The van der Waals surface area contributed by atoms with Crippen molar-refractivity contribution < 1.29 is 0 Å². The third-order valence-electron chi connectivity index (χ3n) is 1.91. The summed E-state index contributed by atoms with van der Waals surface area (Å²) in [7, 11) is 1.66. The molecule has 0 nitrogen and oxygen atoms in total. The summed E-state index contributed by atoms with van der Waals surface area (Å²) in [5.74, 6) is 1.21. The summed E-state index contributed by atoms with van der Waals surface area (Å²) >= 11 is 4.11. The Morgan fingerprint density at radius 1 is 1.00 bits per heavy atom. The number of unbranched alkanes of at least 4 members (excludes halogenated alkanes) is 3. The molecule has 0 saturated carbocycles. The van der Waals surface area contributed by atoms with Crippen molar-refractivity contribution in [3.8, 4) is 0 Å². The zero-order valence-corrected chi connectivity index (χ0v) is 10.3. The molecule has 0 bridgehead atoms. The quantitative estimate of drug-likeness (QED) is 0.377.